The van der Waals surface area contributed by atoms with Crippen molar-refractivity contribution in [2.45, 2.75) is 19.6 Å². The maximum absolute atomic E-state index is 13.1. The summed E-state index contributed by atoms with van der Waals surface area (Å²) in [6.45, 7) is -1.96. The molecule has 4 aromatic carbocycles. The molecule has 0 spiro atoms. The van der Waals surface area contributed by atoms with Crippen LogP contribution in [-0.4, -0.2) is 119 Å². The molecule has 0 amide bonds. The molecular weight excluding hydrogens is 1050 g/mol. The van der Waals surface area contributed by atoms with Crippen molar-refractivity contribution in [3.63, 3.8) is 0 Å². The van der Waals surface area contributed by atoms with E-state index in [1.807, 2.05) is 0 Å². The number of nitrogens with two attached hydrogens (primary N) is 3. The summed E-state index contributed by atoms with van der Waals surface area (Å²) in [6, 6.07) is 9.18. The lowest BCUT2D eigenvalue weighted by atomic mass is 10.1. The van der Waals surface area contributed by atoms with E-state index in [2.05, 4.69) is 39.1 Å². The highest BCUT2D eigenvalue weighted by Gasteiger charge is 2.28. The standard InChI is InChI=1S/C33H37N9O21S6/c1-58-24-7-4-19(65(45,46)13-11-61-68(52,53)54)16-22(24)38-41-31-27(33(43)44)30(40-37-21-6-3-18(64-63-60-10-9-34)15-26(21)67(49,50)51)28(35)32(29(31)36)42-39-23-17-20(5-8-25(23)59-2)66(47,48)14-12-62-69(55,56)57/h3-8,15-17H,9-14,34-36H2,1-2H3,(H,43,44)(H,49,50,51)(H,52,53,54)(H,55,56,57). The average Bonchev–Trinajstić information content (AvgIpc) is 3.25. The van der Waals surface area contributed by atoms with Crippen molar-refractivity contribution in [1.82, 2.24) is 0 Å². The molecule has 0 saturated carbocycles. The lowest BCUT2D eigenvalue weighted by molar-refractivity contribution is -0.187. The van der Waals surface area contributed by atoms with Gasteiger partial charge in [0.2, 0.25) is 0 Å². The Labute approximate surface area is 396 Å². The van der Waals surface area contributed by atoms with Gasteiger partial charge in [0.25, 0.3) is 10.1 Å². The highest BCUT2D eigenvalue weighted by atomic mass is 32.3. The topological polar surface area (TPSA) is 476 Å². The summed E-state index contributed by atoms with van der Waals surface area (Å²) in [4.78, 5) is 16.0. The van der Waals surface area contributed by atoms with Crippen LogP contribution in [0.5, 0.6) is 11.5 Å². The number of carboxylic acids is 1. The van der Waals surface area contributed by atoms with Gasteiger partial charge in [-0.3, -0.25) is 13.7 Å². The number of azo groups is 3. The summed E-state index contributed by atoms with van der Waals surface area (Å²) in [6.07, 6.45) is 0. The van der Waals surface area contributed by atoms with Gasteiger partial charge >= 0.3 is 26.8 Å². The van der Waals surface area contributed by atoms with E-state index in [0.717, 1.165) is 62.8 Å². The molecule has 0 atom stereocenters. The summed E-state index contributed by atoms with van der Waals surface area (Å²) in [7, 11) is -21.6. The fraction of sp³-hybridized carbons (Fsp3) is 0.242. The maximum Gasteiger partial charge on any atom is 0.397 e. The molecule has 0 aliphatic heterocycles. The number of sulfone groups is 2. The van der Waals surface area contributed by atoms with Crippen LogP contribution in [0.1, 0.15) is 10.4 Å². The van der Waals surface area contributed by atoms with Crippen LogP contribution < -0.4 is 26.7 Å². The molecule has 0 aliphatic rings. The average molecular weight is 1090 g/mol. The van der Waals surface area contributed by atoms with E-state index in [4.69, 9.17) is 45.0 Å². The fourth-order valence-corrected chi connectivity index (χ4v) is 9.39. The molecule has 4 rings (SSSR count). The zero-order chi connectivity index (χ0) is 51.5. The van der Waals surface area contributed by atoms with Crippen LogP contribution in [0.3, 0.4) is 0 Å². The monoisotopic (exact) mass is 1090 g/mol. The fourth-order valence-electron chi connectivity index (χ4n) is 5.18. The molecule has 0 heterocycles. The largest absolute Gasteiger partial charge is 0.494 e. The molecule has 376 valence electrons. The predicted octanol–water partition coefficient (Wildman–Crippen LogP) is 4.16. The van der Waals surface area contributed by atoms with Crippen molar-refractivity contribution in [3.8, 4) is 11.5 Å². The van der Waals surface area contributed by atoms with Gasteiger partial charge in [0, 0.05) is 11.4 Å². The van der Waals surface area contributed by atoms with Crippen molar-refractivity contribution in [3.05, 3.63) is 60.2 Å². The Hall–Kier alpha value is -5.87. The lowest BCUT2D eigenvalue weighted by Gasteiger charge is -2.14. The van der Waals surface area contributed by atoms with E-state index in [1.54, 1.807) is 0 Å². The quantitative estimate of drug-likeness (QED) is 0.00931. The number of nitrogen functional groups attached to an aromatic ring is 2. The number of hydrogen-bond acceptors (Lipinski definition) is 27. The van der Waals surface area contributed by atoms with Crippen LogP contribution in [0.4, 0.5) is 45.5 Å². The summed E-state index contributed by atoms with van der Waals surface area (Å²) < 4.78 is 172. The molecule has 0 aromatic heterocycles. The number of ether oxygens (including phenoxy) is 2. The number of methoxy groups -OCH3 is 2. The first-order chi connectivity index (χ1) is 32.1. The third kappa shape index (κ3) is 15.6. The molecule has 10 N–H and O–H groups in total. The number of nitrogens with zero attached hydrogens (tertiary/aromatic N) is 6. The van der Waals surface area contributed by atoms with Gasteiger partial charge in [-0.15, -0.1) is 30.7 Å². The van der Waals surface area contributed by atoms with Crippen LogP contribution in [-0.2, 0) is 68.2 Å². The highest BCUT2D eigenvalue weighted by molar-refractivity contribution is 7.94. The molecule has 0 bridgehead atoms. The number of anilines is 2. The van der Waals surface area contributed by atoms with E-state index in [0.29, 0.717) is 12.0 Å². The van der Waals surface area contributed by atoms with Crippen LogP contribution in [0.2, 0.25) is 0 Å². The lowest BCUT2D eigenvalue weighted by Crippen LogP contribution is -2.15. The maximum atomic E-state index is 13.1. The van der Waals surface area contributed by atoms with Crippen molar-refractivity contribution in [1.29, 1.82) is 0 Å². The van der Waals surface area contributed by atoms with Crippen LogP contribution in [0.25, 0.3) is 0 Å². The second kappa shape index (κ2) is 23.2. The van der Waals surface area contributed by atoms with E-state index < -0.39 is 141 Å². The van der Waals surface area contributed by atoms with Gasteiger partial charge in [-0.2, -0.15) is 29.6 Å². The van der Waals surface area contributed by atoms with Crippen molar-refractivity contribution in [2.24, 2.45) is 36.4 Å². The van der Waals surface area contributed by atoms with Gasteiger partial charge in [-0.25, -0.2) is 34.9 Å². The van der Waals surface area contributed by atoms with Crippen molar-refractivity contribution < 1.29 is 92.7 Å². The minimum absolute atomic E-state index is 0.0399. The molecule has 0 radical (unpaired) electrons. The van der Waals surface area contributed by atoms with E-state index in [-0.39, 0.29) is 35.2 Å². The number of hydrogen-bond donors (Lipinski definition) is 7. The molecule has 0 unspecified atom stereocenters. The minimum Gasteiger partial charge on any atom is -0.494 e. The van der Waals surface area contributed by atoms with Gasteiger partial charge < -0.3 is 31.8 Å². The Bertz CT molecular complexity index is 3260. The Kier molecular flexibility index (Phi) is 18.7. The second-order valence-corrected chi connectivity index (χ2v) is 21.4. The third-order valence-electron chi connectivity index (χ3n) is 8.26. The molecular formula is C33H37N9O21S6. The van der Waals surface area contributed by atoms with Gasteiger partial charge in [-0.1, -0.05) is 0 Å². The first kappa shape index (κ1) is 55.7. The minimum atomic E-state index is -5.12. The smallest absolute Gasteiger partial charge is 0.397 e. The molecule has 30 nitrogen and oxygen atoms in total. The normalized spacial score (nSPS) is 12.9. The third-order valence-corrected chi connectivity index (χ3v) is 14.0. The summed E-state index contributed by atoms with van der Waals surface area (Å²) in [5.41, 5.74) is 11.8. The summed E-state index contributed by atoms with van der Waals surface area (Å²) >= 11 is 0.512. The molecule has 69 heavy (non-hydrogen) atoms. The zero-order valence-corrected chi connectivity index (χ0v) is 39.9. The summed E-state index contributed by atoms with van der Waals surface area (Å²) in [5, 5.41) is 34.1. The van der Waals surface area contributed by atoms with Crippen LogP contribution >= 0.6 is 12.0 Å². The molecule has 0 fully saturated rings. The number of carbonyl (C=O) groups is 1. The molecule has 0 aliphatic carbocycles. The SMILES string of the molecule is COc1ccc(S(=O)(=O)CCOS(=O)(=O)O)cc1N=Nc1c(N)c(N=Nc2cc(S(=O)(=O)CCOS(=O)(=O)O)ccc2OC)c(C(=O)O)c(N=Nc2ccc(SOOCCN)cc2S(=O)(=O)O)c1N. The Morgan fingerprint density at radius 3 is 1.46 bits per heavy atom. The first-order valence-electron chi connectivity index (χ1n) is 18.2. The van der Waals surface area contributed by atoms with E-state index in [9.17, 15) is 56.5 Å². The van der Waals surface area contributed by atoms with Gasteiger partial charge in [-0.05, 0) is 54.6 Å². The number of aromatic carboxylic acids is 1. The van der Waals surface area contributed by atoms with Gasteiger partial charge in [0.1, 0.15) is 56.1 Å². The molecule has 36 heteroatoms. The second-order valence-electron chi connectivity index (χ2n) is 12.8. The van der Waals surface area contributed by atoms with Crippen molar-refractivity contribution >= 4 is 114 Å². The van der Waals surface area contributed by atoms with Gasteiger partial charge in [0.05, 0.1) is 78.8 Å². The molecule has 0 saturated heterocycles. The zero-order valence-electron chi connectivity index (χ0n) is 35.0. The van der Waals surface area contributed by atoms with E-state index >= 15 is 0 Å². The van der Waals surface area contributed by atoms with Crippen LogP contribution in [0, 0.1) is 0 Å². The van der Waals surface area contributed by atoms with Gasteiger partial charge in [0.15, 0.2) is 19.7 Å². The number of rotatable bonds is 25. The van der Waals surface area contributed by atoms with Crippen molar-refractivity contribution in [2.75, 3.05) is 63.6 Å². The van der Waals surface area contributed by atoms with Crippen LogP contribution in [0.15, 0.2) is 105 Å². The number of carboxylic acid groups (broad SMARTS) is 1. The first-order valence-corrected chi connectivity index (χ1v) is 26.4. The Morgan fingerprint density at radius 1 is 0.609 bits per heavy atom. The number of benzene rings is 4. The molecule has 4 aromatic rings. The van der Waals surface area contributed by atoms with E-state index in [1.165, 1.54) is 6.07 Å². The Morgan fingerprint density at radius 2 is 1.06 bits per heavy atom. The summed E-state index contributed by atoms with van der Waals surface area (Å²) in [5.74, 6) is -4.16. The Balaban J connectivity index is 1.99. The predicted molar refractivity (Wildman–Crippen MR) is 238 cm³/mol. The highest BCUT2D eigenvalue weighted by Crippen LogP contribution is 2.50.